The van der Waals surface area contributed by atoms with E-state index in [1.54, 1.807) is 6.07 Å². The van der Waals surface area contributed by atoms with E-state index < -0.39 is 10.2 Å². The predicted molar refractivity (Wildman–Crippen MR) is 88.7 cm³/mol. The Kier molecular flexibility index (Phi) is 7.55. The molecule has 10 heteroatoms. The normalized spacial score (nSPS) is 20.7. The van der Waals surface area contributed by atoms with Gasteiger partial charge < -0.3 is 16.2 Å². The molecule has 0 aromatic carbocycles. The van der Waals surface area contributed by atoms with Crippen LogP contribution in [0.25, 0.3) is 0 Å². The van der Waals surface area contributed by atoms with Crippen molar-refractivity contribution in [1.29, 1.82) is 0 Å². The van der Waals surface area contributed by atoms with Crippen molar-refractivity contribution in [3.8, 4) is 0 Å². The Morgan fingerprint density at radius 3 is 2.42 bits per heavy atom. The van der Waals surface area contributed by atoms with E-state index in [0.717, 1.165) is 36.8 Å². The Morgan fingerprint density at radius 2 is 1.96 bits per heavy atom. The molecule has 1 fully saturated rings. The van der Waals surface area contributed by atoms with Crippen LogP contribution in [0.5, 0.6) is 0 Å². The highest BCUT2D eigenvalue weighted by Crippen LogP contribution is 2.34. The molecule has 136 valence electrons. The molecule has 24 heavy (non-hydrogen) atoms. The van der Waals surface area contributed by atoms with Crippen molar-refractivity contribution in [2.24, 2.45) is 10.9 Å². The fourth-order valence-corrected chi connectivity index (χ4v) is 3.62. The molecule has 0 saturated heterocycles. The van der Waals surface area contributed by atoms with Crippen LogP contribution in [-0.2, 0) is 15.0 Å². The van der Waals surface area contributed by atoms with Crippen LogP contribution in [0.3, 0.4) is 0 Å². The van der Waals surface area contributed by atoms with Gasteiger partial charge in [-0.1, -0.05) is 0 Å². The number of aliphatic hydroxyl groups is 1. The van der Waals surface area contributed by atoms with Gasteiger partial charge in [-0.3, -0.25) is 9.59 Å². The van der Waals surface area contributed by atoms with E-state index >= 15 is 0 Å². The third kappa shape index (κ3) is 4.87. The van der Waals surface area contributed by atoms with Crippen molar-refractivity contribution in [2.75, 3.05) is 13.7 Å². The van der Waals surface area contributed by atoms with Crippen molar-refractivity contribution in [2.45, 2.75) is 37.6 Å². The van der Waals surface area contributed by atoms with Crippen molar-refractivity contribution >= 4 is 22.4 Å². The highest BCUT2D eigenvalue weighted by molar-refractivity contribution is 7.87. The summed E-state index contributed by atoms with van der Waals surface area (Å²) >= 11 is 0. The molecule has 0 bridgehead atoms. The van der Waals surface area contributed by atoms with E-state index in [1.165, 1.54) is 6.20 Å². The maximum atomic E-state index is 11.4. The number of carbonyl (C=O) groups is 2. The summed E-state index contributed by atoms with van der Waals surface area (Å²) in [6.07, 6.45) is 4.85. The Balaban J connectivity index is 0.00000139. The van der Waals surface area contributed by atoms with E-state index in [4.69, 9.17) is 16.0 Å². The molecule has 1 aliphatic carbocycles. The highest BCUT2D eigenvalue weighted by Gasteiger charge is 2.27. The summed E-state index contributed by atoms with van der Waals surface area (Å²) in [5, 5.41) is 14.9. The van der Waals surface area contributed by atoms with Crippen LogP contribution in [0.15, 0.2) is 12.3 Å². The summed E-state index contributed by atoms with van der Waals surface area (Å²) in [5.41, 5.74) is 6.03. The summed E-state index contributed by atoms with van der Waals surface area (Å²) in [5.74, 6) is -0.105. The van der Waals surface area contributed by atoms with Gasteiger partial charge in [0.25, 0.3) is 0 Å². The summed E-state index contributed by atoms with van der Waals surface area (Å²) in [6.45, 7) is -0.0353. The van der Waals surface area contributed by atoms with Gasteiger partial charge in [-0.05, 0) is 43.2 Å². The minimum atomic E-state index is -3.98. The van der Waals surface area contributed by atoms with Crippen LogP contribution < -0.4 is 16.2 Å². The Morgan fingerprint density at radius 1 is 1.38 bits per heavy atom. The number of nitrogens with two attached hydrogens (primary N) is 2. The van der Waals surface area contributed by atoms with Crippen LogP contribution >= 0.6 is 0 Å². The molecule has 1 aromatic heterocycles. The minimum absolute atomic E-state index is 0.0353. The van der Waals surface area contributed by atoms with Gasteiger partial charge >= 0.3 is 10.2 Å². The van der Waals surface area contributed by atoms with Gasteiger partial charge in [-0.2, -0.15) is 8.42 Å². The molecule has 1 heterocycles. The average molecular weight is 360 g/mol. The lowest BCUT2D eigenvalue weighted by Crippen LogP contribution is -2.40. The molecule has 1 aliphatic rings. The molecule has 6 N–H and O–H groups in total. The summed E-state index contributed by atoms with van der Waals surface area (Å²) in [6, 6.07) is 1.70. The number of nitrogens with zero attached hydrogens (tertiary/aromatic N) is 1. The number of rotatable bonds is 5. The number of hydrogen-bond donors (Lipinski definition) is 4. The first-order valence-corrected chi connectivity index (χ1v) is 9.01. The van der Waals surface area contributed by atoms with Crippen molar-refractivity contribution in [3.63, 3.8) is 0 Å². The first-order chi connectivity index (χ1) is 11.4. The van der Waals surface area contributed by atoms with Crippen molar-refractivity contribution in [1.82, 2.24) is 9.29 Å². The Hall–Kier alpha value is -1.75. The maximum Gasteiger partial charge on any atom is 0.302 e. The molecular formula is C14H24N4O5S. The molecule has 0 atom stereocenters. The van der Waals surface area contributed by atoms with Crippen LogP contribution in [-0.4, -0.2) is 49.4 Å². The molecule has 0 unspecified atom stereocenters. The fourth-order valence-electron chi connectivity index (χ4n) is 2.96. The molecular weight excluding hydrogens is 336 g/mol. The number of hydrogen-bond acceptors (Lipinski definition) is 6. The van der Waals surface area contributed by atoms with Gasteiger partial charge in [0, 0.05) is 19.3 Å². The van der Waals surface area contributed by atoms with E-state index in [9.17, 15) is 18.0 Å². The molecule has 0 radical (unpaired) electrons. The second-order valence-corrected chi connectivity index (χ2v) is 6.86. The Bertz CT molecular complexity index is 663. The van der Waals surface area contributed by atoms with Crippen molar-refractivity contribution in [3.05, 3.63) is 23.5 Å². The smallest absolute Gasteiger partial charge is 0.302 e. The zero-order valence-corrected chi connectivity index (χ0v) is 14.3. The zero-order chi connectivity index (χ0) is 18.3. The Labute approximate surface area is 141 Å². The first-order valence-electron chi connectivity index (χ1n) is 7.50. The van der Waals surface area contributed by atoms with Gasteiger partial charge in [-0.15, -0.1) is 0 Å². The molecule has 0 aliphatic heterocycles. The van der Waals surface area contributed by atoms with Crippen LogP contribution in [0.4, 0.5) is 0 Å². The topological polar surface area (TPSA) is 158 Å². The minimum Gasteiger partial charge on any atom is -0.400 e. The van der Waals surface area contributed by atoms with E-state index in [0.29, 0.717) is 11.8 Å². The van der Waals surface area contributed by atoms with Crippen molar-refractivity contribution < 1.29 is 23.1 Å². The van der Waals surface area contributed by atoms with Crippen LogP contribution in [0, 0.1) is 0 Å². The SMILES string of the molecule is CO.NCC(=O)NC1CCC(c2ccn(S(N)(=O)=O)c2C=O)CC1. The predicted octanol–water partition coefficient (Wildman–Crippen LogP) is -0.938. The number of amides is 1. The van der Waals surface area contributed by atoms with Gasteiger partial charge in [-0.25, -0.2) is 9.11 Å². The number of aliphatic hydroxyl groups excluding tert-OH is 1. The number of aromatic nitrogens is 1. The quantitative estimate of drug-likeness (QED) is 0.496. The summed E-state index contributed by atoms with van der Waals surface area (Å²) in [4.78, 5) is 22.5. The lowest BCUT2D eigenvalue weighted by Gasteiger charge is -2.29. The highest BCUT2D eigenvalue weighted by atomic mass is 32.2. The average Bonchev–Trinajstić information content (AvgIpc) is 3.01. The summed E-state index contributed by atoms with van der Waals surface area (Å²) in [7, 11) is -2.98. The van der Waals surface area contributed by atoms with Gasteiger partial charge in [0.1, 0.15) is 5.69 Å². The number of carbonyl (C=O) groups excluding carboxylic acids is 2. The summed E-state index contributed by atoms with van der Waals surface area (Å²) < 4.78 is 23.7. The van der Waals surface area contributed by atoms with Gasteiger partial charge in [0.15, 0.2) is 6.29 Å². The maximum absolute atomic E-state index is 11.4. The van der Waals surface area contributed by atoms with Crippen LogP contribution in [0.2, 0.25) is 0 Å². The molecule has 1 aromatic rings. The molecule has 0 spiro atoms. The first kappa shape index (κ1) is 20.3. The largest absolute Gasteiger partial charge is 0.400 e. The van der Waals surface area contributed by atoms with Gasteiger partial charge in [0.2, 0.25) is 5.91 Å². The van der Waals surface area contributed by atoms with Gasteiger partial charge in [0.05, 0.1) is 6.54 Å². The fraction of sp³-hybridized carbons (Fsp3) is 0.571. The zero-order valence-electron chi connectivity index (χ0n) is 13.5. The third-order valence-electron chi connectivity index (χ3n) is 4.03. The molecule has 2 rings (SSSR count). The second-order valence-electron chi connectivity index (χ2n) is 5.44. The molecule has 1 saturated carbocycles. The van der Waals surface area contributed by atoms with E-state index in [-0.39, 0.29) is 30.1 Å². The number of aldehydes is 1. The van der Waals surface area contributed by atoms with E-state index in [2.05, 4.69) is 5.32 Å². The van der Waals surface area contributed by atoms with Crippen LogP contribution in [0.1, 0.15) is 47.7 Å². The molecule has 1 amide bonds. The monoisotopic (exact) mass is 360 g/mol. The molecule has 9 nitrogen and oxygen atoms in total. The van der Waals surface area contributed by atoms with E-state index in [1.807, 2.05) is 0 Å². The lowest BCUT2D eigenvalue weighted by atomic mass is 9.81. The standard InChI is InChI=1S/C13H20N4O4S.CH4O/c14-7-13(19)16-10-3-1-9(2-4-10)11-5-6-17(12(11)8-18)22(15,20)21;1-2/h5-6,8-10H,1-4,7,14H2,(H,16,19)(H2,15,20,21);2H,1H3. The third-order valence-corrected chi connectivity index (χ3v) is 4.89. The lowest BCUT2D eigenvalue weighted by molar-refractivity contribution is -0.120. The number of nitrogens with one attached hydrogen (secondary N) is 1. The second kappa shape index (κ2) is 8.92.